The van der Waals surface area contributed by atoms with Crippen molar-refractivity contribution in [2.45, 2.75) is 38.8 Å². The number of hydrogen-bond acceptors (Lipinski definition) is 4. The first-order valence-corrected chi connectivity index (χ1v) is 6.10. The molecule has 106 valence electrons. The number of carbonyl (C=O) groups is 2. The van der Waals surface area contributed by atoms with Gasteiger partial charge >= 0.3 is 11.8 Å². The number of nitrogens with one attached hydrogen (secondary N) is 2. The van der Waals surface area contributed by atoms with Gasteiger partial charge in [-0.3, -0.25) is 9.59 Å². The van der Waals surface area contributed by atoms with Crippen LogP contribution in [0.5, 0.6) is 0 Å². The summed E-state index contributed by atoms with van der Waals surface area (Å²) in [5.41, 5.74) is 0.193. The molecule has 0 bridgehead atoms. The number of rotatable bonds is 4. The second kappa shape index (κ2) is 6.38. The van der Waals surface area contributed by atoms with Crippen LogP contribution in [0.2, 0.25) is 0 Å². The number of amides is 2. The van der Waals surface area contributed by atoms with E-state index < -0.39 is 23.5 Å². The predicted molar refractivity (Wildman–Crippen MR) is 69.2 cm³/mol. The van der Waals surface area contributed by atoms with Gasteiger partial charge in [-0.1, -0.05) is 0 Å². The van der Waals surface area contributed by atoms with E-state index >= 15 is 0 Å². The van der Waals surface area contributed by atoms with E-state index in [4.69, 9.17) is 4.42 Å². The SMILES string of the molecule is CC(C)(C)NC(=O)C(=O)NCCC(O)c1ccoc1. The molecule has 6 nitrogen and oxygen atoms in total. The zero-order valence-electron chi connectivity index (χ0n) is 11.4. The molecular formula is C13H20N2O4. The van der Waals surface area contributed by atoms with Crippen LogP contribution in [0.3, 0.4) is 0 Å². The molecule has 0 fully saturated rings. The average Bonchev–Trinajstić information content (AvgIpc) is 2.79. The molecule has 2 amide bonds. The first-order valence-electron chi connectivity index (χ1n) is 6.10. The number of hydrogen-bond donors (Lipinski definition) is 3. The molecule has 0 saturated heterocycles. The second-order valence-corrected chi connectivity index (χ2v) is 5.32. The number of aliphatic hydroxyl groups is 1. The molecule has 1 aromatic rings. The maximum absolute atomic E-state index is 11.5. The quantitative estimate of drug-likeness (QED) is 0.702. The molecule has 0 spiro atoms. The van der Waals surface area contributed by atoms with Crippen LogP contribution in [0.1, 0.15) is 38.9 Å². The molecule has 1 rings (SSSR count). The summed E-state index contributed by atoms with van der Waals surface area (Å²) in [6.07, 6.45) is 2.51. The van der Waals surface area contributed by atoms with Crippen LogP contribution < -0.4 is 10.6 Å². The lowest BCUT2D eigenvalue weighted by Gasteiger charge is -2.20. The minimum absolute atomic E-state index is 0.211. The Bertz CT molecular complexity index is 420. The molecule has 1 unspecified atom stereocenters. The Balaban J connectivity index is 2.29. The van der Waals surface area contributed by atoms with Crippen molar-refractivity contribution >= 4 is 11.8 Å². The summed E-state index contributed by atoms with van der Waals surface area (Å²) < 4.78 is 4.84. The monoisotopic (exact) mass is 268 g/mol. The Morgan fingerprint density at radius 1 is 1.37 bits per heavy atom. The third kappa shape index (κ3) is 5.56. The van der Waals surface area contributed by atoms with Crippen LogP contribution in [0.4, 0.5) is 0 Å². The zero-order valence-corrected chi connectivity index (χ0v) is 11.4. The summed E-state index contributed by atoms with van der Waals surface area (Å²) >= 11 is 0. The van der Waals surface area contributed by atoms with Gasteiger partial charge < -0.3 is 20.2 Å². The van der Waals surface area contributed by atoms with E-state index in [-0.39, 0.29) is 6.54 Å². The fraction of sp³-hybridized carbons (Fsp3) is 0.538. The van der Waals surface area contributed by atoms with Crippen LogP contribution in [0.25, 0.3) is 0 Å². The van der Waals surface area contributed by atoms with Gasteiger partial charge in [0.1, 0.15) is 0 Å². The molecule has 1 atom stereocenters. The maximum Gasteiger partial charge on any atom is 0.309 e. The van der Waals surface area contributed by atoms with Crippen LogP contribution >= 0.6 is 0 Å². The zero-order chi connectivity index (χ0) is 14.5. The lowest BCUT2D eigenvalue weighted by molar-refractivity contribution is -0.140. The van der Waals surface area contributed by atoms with Crippen molar-refractivity contribution in [1.82, 2.24) is 10.6 Å². The summed E-state index contributed by atoms with van der Waals surface area (Å²) in [4.78, 5) is 22.9. The van der Waals surface area contributed by atoms with Crippen LogP contribution in [0, 0.1) is 0 Å². The van der Waals surface area contributed by atoms with Crippen LogP contribution in [0.15, 0.2) is 23.0 Å². The van der Waals surface area contributed by atoms with E-state index in [0.29, 0.717) is 12.0 Å². The Morgan fingerprint density at radius 3 is 2.58 bits per heavy atom. The normalized spacial score (nSPS) is 12.8. The van der Waals surface area contributed by atoms with Gasteiger partial charge in [0, 0.05) is 17.6 Å². The highest BCUT2D eigenvalue weighted by Crippen LogP contribution is 2.15. The fourth-order valence-corrected chi connectivity index (χ4v) is 1.43. The molecule has 0 aliphatic rings. The Kier molecular flexibility index (Phi) is 5.11. The van der Waals surface area contributed by atoms with Gasteiger partial charge in [-0.15, -0.1) is 0 Å². The van der Waals surface area contributed by atoms with Crippen molar-refractivity contribution in [2.24, 2.45) is 0 Å². The van der Waals surface area contributed by atoms with Gasteiger partial charge in [-0.25, -0.2) is 0 Å². The molecular weight excluding hydrogens is 248 g/mol. The minimum atomic E-state index is -0.718. The Labute approximate surface area is 112 Å². The van der Waals surface area contributed by atoms with Crippen molar-refractivity contribution in [3.8, 4) is 0 Å². The number of furan rings is 1. The molecule has 1 aromatic heterocycles. The summed E-state index contributed by atoms with van der Waals surface area (Å²) in [7, 11) is 0. The largest absolute Gasteiger partial charge is 0.472 e. The molecule has 19 heavy (non-hydrogen) atoms. The summed E-state index contributed by atoms with van der Waals surface area (Å²) in [6, 6.07) is 1.65. The lowest BCUT2D eigenvalue weighted by Crippen LogP contribution is -2.48. The Hall–Kier alpha value is -1.82. The minimum Gasteiger partial charge on any atom is -0.472 e. The average molecular weight is 268 g/mol. The molecule has 0 saturated carbocycles. The third-order valence-corrected chi connectivity index (χ3v) is 2.33. The standard InChI is InChI=1S/C13H20N2O4/c1-13(2,3)15-12(18)11(17)14-6-4-10(16)9-5-7-19-8-9/h5,7-8,10,16H,4,6H2,1-3H3,(H,14,17)(H,15,18). The third-order valence-electron chi connectivity index (χ3n) is 2.33. The van der Waals surface area contributed by atoms with E-state index in [1.807, 2.05) is 0 Å². The molecule has 0 radical (unpaired) electrons. The highest BCUT2D eigenvalue weighted by molar-refractivity contribution is 6.35. The van der Waals surface area contributed by atoms with Crippen molar-refractivity contribution in [2.75, 3.05) is 6.54 Å². The van der Waals surface area contributed by atoms with Crippen molar-refractivity contribution in [1.29, 1.82) is 0 Å². The van der Waals surface area contributed by atoms with Crippen molar-refractivity contribution < 1.29 is 19.1 Å². The lowest BCUT2D eigenvalue weighted by atomic mass is 10.1. The van der Waals surface area contributed by atoms with Gasteiger partial charge in [-0.05, 0) is 33.3 Å². The van der Waals surface area contributed by atoms with Gasteiger partial charge in [0.2, 0.25) is 0 Å². The maximum atomic E-state index is 11.5. The molecule has 6 heteroatoms. The summed E-state index contributed by atoms with van der Waals surface area (Å²) in [6.45, 7) is 5.59. The van der Waals surface area contributed by atoms with E-state index in [1.54, 1.807) is 26.8 Å². The van der Waals surface area contributed by atoms with E-state index in [0.717, 1.165) is 0 Å². The summed E-state index contributed by atoms with van der Waals surface area (Å²) in [5, 5.41) is 14.7. The highest BCUT2D eigenvalue weighted by Gasteiger charge is 2.20. The second-order valence-electron chi connectivity index (χ2n) is 5.32. The molecule has 0 aliphatic carbocycles. The predicted octanol–water partition coefficient (Wildman–Crippen LogP) is 0.734. The number of aliphatic hydroxyl groups excluding tert-OH is 1. The first kappa shape index (κ1) is 15.2. The first-order chi connectivity index (χ1) is 8.79. The van der Waals surface area contributed by atoms with E-state index in [2.05, 4.69) is 10.6 Å². The fourth-order valence-electron chi connectivity index (χ4n) is 1.43. The van der Waals surface area contributed by atoms with E-state index in [9.17, 15) is 14.7 Å². The summed E-state index contributed by atoms with van der Waals surface area (Å²) in [5.74, 6) is -1.38. The van der Waals surface area contributed by atoms with E-state index in [1.165, 1.54) is 12.5 Å². The number of carbonyl (C=O) groups excluding carboxylic acids is 2. The van der Waals surface area contributed by atoms with Crippen molar-refractivity contribution in [3.05, 3.63) is 24.2 Å². The molecule has 0 aliphatic heterocycles. The molecule has 1 heterocycles. The van der Waals surface area contributed by atoms with Gasteiger partial charge in [0.05, 0.1) is 18.6 Å². The van der Waals surface area contributed by atoms with Crippen LogP contribution in [-0.2, 0) is 9.59 Å². The smallest absolute Gasteiger partial charge is 0.309 e. The van der Waals surface area contributed by atoms with Gasteiger partial charge in [-0.2, -0.15) is 0 Å². The topological polar surface area (TPSA) is 91.6 Å². The molecule has 3 N–H and O–H groups in total. The molecule has 0 aromatic carbocycles. The highest BCUT2D eigenvalue weighted by atomic mass is 16.3. The van der Waals surface area contributed by atoms with Gasteiger partial charge in [0.25, 0.3) is 0 Å². The Morgan fingerprint density at radius 2 is 2.05 bits per heavy atom. The van der Waals surface area contributed by atoms with Crippen molar-refractivity contribution in [3.63, 3.8) is 0 Å². The van der Waals surface area contributed by atoms with Gasteiger partial charge in [0.15, 0.2) is 0 Å². The van der Waals surface area contributed by atoms with Crippen LogP contribution in [-0.4, -0.2) is 29.0 Å².